The van der Waals surface area contributed by atoms with E-state index in [0.717, 1.165) is 24.2 Å². The van der Waals surface area contributed by atoms with E-state index in [4.69, 9.17) is 4.74 Å². The van der Waals surface area contributed by atoms with Gasteiger partial charge in [-0.1, -0.05) is 12.1 Å². The van der Waals surface area contributed by atoms with E-state index in [2.05, 4.69) is 14.9 Å². The third kappa shape index (κ3) is 2.98. The van der Waals surface area contributed by atoms with Crippen molar-refractivity contribution in [3.8, 4) is 5.75 Å². The van der Waals surface area contributed by atoms with Crippen molar-refractivity contribution in [3.63, 3.8) is 0 Å². The van der Waals surface area contributed by atoms with E-state index in [1.54, 1.807) is 21.0 Å². The van der Waals surface area contributed by atoms with Crippen molar-refractivity contribution in [1.29, 1.82) is 0 Å². The number of hydrogen-bond donors (Lipinski definition) is 2. The lowest BCUT2D eigenvalue weighted by Crippen LogP contribution is -2.32. The van der Waals surface area contributed by atoms with Gasteiger partial charge in [-0.15, -0.1) is 0 Å². The maximum absolute atomic E-state index is 12.6. The SMILES string of the molecule is COc1ccc(C2(CNS(=O)(=O)c3c(C)n[nH]c3C)CC2)cc1. The molecule has 0 spiro atoms. The first kappa shape index (κ1) is 16.0. The van der Waals surface area contributed by atoms with Crippen molar-refractivity contribution in [3.05, 3.63) is 41.2 Å². The van der Waals surface area contributed by atoms with Crippen molar-refractivity contribution < 1.29 is 13.2 Å². The van der Waals surface area contributed by atoms with Gasteiger partial charge in [0.2, 0.25) is 10.0 Å². The van der Waals surface area contributed by atoms with Gasteiger partial charge in [-0.2, -0.15) is 5.10 Å². The molecule has 0 radical (unpaired) electrons. The van der Waals surface area contributed by atoms with Crippen LogP contribution in [0.15, 0.2) is 29.2 Å². The summed E-state index contributed by atoms with van der Waals surface area (Å²) in [6.45, 7) is 3.80. The number of sulfonamides is 1. The molecule has 0 bridgehead atoms. The first-order valence-corrected chi connectivity index (χ1v) is 9.02. The predicted octanol–water partition coefficient (Wildman–Crippen LogP) is 2.05. The molecule has 1 saturated carbocycles. The minimum atomic E-state index is -3.56. The zero-order chi connectivity index (χ0) is 16.7. The molecule has 1 fully saturated rings. The van der Waals surface area contributed by atoms with Crippen LogP contribution in [0.25, 0.3) is 0 Å². The number of aromatic nitrogens is 2. The molecule has 6 nitrogen and oxygen atoms in total. The van der Waals surface area contributed by atoms with Crippen molar-refractivity contribution in [2.24, 2.45) is 0 Å². The highest BCUT2D eigenvalue weighted by atomic mass is 32.2. The van der Waals surface area contributed by atoms with Gasteiger partial charge in [0.1, 0.15) is 10.6 Å². The van der Waals surface area contributed by atoms with Gasteiger partial charge in [0.25, 0.3) is 0 Å². The molecule has 0 unspecified atom stereocenters. The summed E-state index contributed by atoms with van der Waals surface area (Å²) in [6.07, 6.45) is 1.95. The molecule has 1 aliphatic carbocycles. The Morgan fingerprint density at radius 1 is 1.26 bits per heavy atom. The van der Waals surface area contributed by atoms with E-state index in [0.29, 0.717) is 17.9 Å². The second kappa shape index (κ2) is 5.65. The summed E-state index contributed by atoms with van der Waals surface area (Å²) < 4.78 is 33.0. The number of H-pyrrole nitrogens is 1. The smallest absolute Gasteiger partial charge is 0.244 e. The molecule has 0 atom stereocenters. The van der Waals surface area contributed by atoms with Gasteiger partial charge in [0, 0.05) is 12.0 Å². The second-order valence-corrected chi connectivity index (χ2v) is 7.80. The van der Waals surface area contributed by atoms with E-state index in [1.807, 2.05) is 24.3 Å². The van der Waals surface area contributed by atoms with Crippen LogP contribution in [0.5, 0.6) is 5.75 Å². The third-order valence-corrected chi connectivity index (χ3v) is 6.15. The molecule has 124 valence electrons. The summed E-state index contributed by atoms with van der Waals surface area (Å²) in [5.41, 5.74) is 2.08. The Balaban J connectivity index is 1.77. The van der Waals surface area contributed by atoms with Gasteiger partial charge < -0.3 is 4.74 Å². The zero-order valence-electron chi connectivity index (χ0n) is 13.5. The average Bonchev–Trinajstić information content (AvgIpc) is 3.25. The van der Waals surface area contributed by atoms with Gasteiger partial charge in [0.05, 0.1) is 18.5 Å². The van der Waals surface area contributed by atoms with Crippen LogP contribution in [-0.4, -0.2) is 32.3 Å². The molecular formula is C16H21N3O3S. The number of benzene rings is 1. The number of nitrogens with zero attached hydrogens (tertiary/aromatic N) is 1. The fraction of sp³-hybridized carbons (Fsp3) is 0.438. The highest BCUT2D eigenvalue weighted by Gasteiger charge is 2.45. The van der Waals surface area contributed by atoms with Crippen LogP contribution in [0.4, 0.5) is 0 Å². The van der Waals surface area contributed by atoms with E-state index >= 15 is 0 Å². The fourth-order valence-corrected chi connectivity index (χ4v) is 4.40. The number of nitrogens with one attached hydrogen (secondary N) is 2. The molecule has 1 aromatic carbocycles. The molecular weight excluding hydrogens is 314 g/mol. The Hall–Kier alpha value is -1.86. The maximum atomic E-state index is 12.6. The lowest BCUT2D eigenvalue weighted by molar-refractivity contribution is 0.414. The monoisotopic (exact) mass is 335 g/mol. The summed E-state index contributed by atoms with van der Waals surface area (Å²) in [5, 5.41) is 6.68. The molecule has 3 rings (SSSR count). The summed E-state index contributed by atoms with van der Waals surface area (Å²) in [7, 11) is -1.93. The highest BCUT2D eigenvalue weighted by Crippen LogP contribution is 2.48. The third-order valence-electron chi connectivity index (χ3n) is 4.49. The summed E-state index contributed by atoms with van der Waals surface area (Å²) in [4.78, 5) is 0.253. The highest BCUT2D eigenvalue weighted by molar-refractivity contribution is 7.89. The van der Waals surface area contributed by atoms with Crippen LogP contribution < -0.4 is 9.46 Å². The van der Waals surface area contributed by atoms with Crippen molar-refractivity contribution in [2.45, 2.75) is 37.0 Å². The average molecular weight is 335 g/mol. The van der Waals surface area contributed by atoms with E-state index < -0.39 is 10.0 Å². The number of methoxy groups -OCH3 is 1. The number of rotatable bonds is 6. The van der Waals surface area contributed by atoms with Crippen LogP contribution in [0.3, 0.4) is 0 Å². The molecule has 0 aliphatic heterocycles. The molecule has 1 heterocycles. The Morgan fingerprint density at radius 2 is 1.91 bits per heavy atom. The van der Waals surface area contributed by atoms with Crippen LogP contribution >= 0.6 is 0 Å². The van der Waals surface area contributed by atoms with Gasteiger partial charge in [-0.05, 0) is 44.4 Å². The molecule has 0 amide bonds. The number of ether oxygens (including phenoxy) is 1. The molecule has 1 aliphatic rings. The summed E-state index contributed by atoms with van der Waals surface area (Å²) >= 11 is 0. The Kier molecular flexibility index (Phi) is 3.93. The van der Waals surface area contributed by atoms with E-state index in [-0.39, 0.29) is 10.3 Å². The summed E-state index contributed by atoms with van der Waals surface area (Å²) in [6, 6.07) is 7.84. The maximum Gasteiger partial charge on any atom is 0.244 e. The Morgan fingerprint density at radius 3 is 2.39 bits per heavy atom. The van der Waals surface area contributed by atoms with Gasteiger partial charge >= 0.3 is 0 Å². The minimum absolute atomic E-state index is 0.106. The van der Waals surface area contributed by atoms with Crippen LogP contribution in [-0.2, 0) is 15.4 Å². The lowest BCUT2D eigenvalue weighted by Gasteiger charge is -2.17. The standard InChI is InChI=1S/C16H21N3O3S/c1-11-15(12(2)19-18-11)23(20,21)17-10-16(8-9-16)13-4-6-14(22-3)7-5-13/h4-7,17H,8-10H2,1-3H3,(H,18,19). The molecule has 2 N–H and O–H groups in total. The molecule has 1 aromatic heterocycles. The van der Waals surface area contributed by atoms with E-state index in [9.17, 15) is 8.42 Å². The lowest BCUT2D eigenvalue weighted by atomic mass is 9.96. The minimum Gasteiger partial charge on any atom is -0.497 e. The summed E-state index contributed by atoms with van der Waals surface area (Å²) in [5.74, 6) is 0.801. The van der Waals surface area contributed by atoms with Crippen molar-refractivity contribution in [2.75, 3.05) is 13.7 Å². The Labute approximate surface area is 136 Å². The quantitative estimate of drug-likeness (QED) is 0.846. The van der Waals surface area contributed by atoms with Gasteiger partial charge in [0.15, 0.2) is 0 Å². The first-order valence-electron chi connectivity index (χ1n) is 7.54. The van der Waals surface area contributed by atoms with Crippen molar-refractivity contribution >= 4 is 10.0 Å². The topological polar surface area (TPSA) is 84.1 Å². The Bertz CT molecular complexity index is 786. The fourth-order valence-electron chi connectivity index (χ4n) is 2.90. The molecule has 7 heteroatoms. The van der Waals surface area contributed by atoms with Crippen LogP contribution in [0.2, 0.25) is 0 Å². The molecule has 2 aromatic rings. The zero-order valence-corrected chi connectivity index (χ0v) is 14.3. The largest absolute Gasteiger partial charge is 0.497 e. The van der Waals surface area contributed by atoms with Gasteiger partial charge in [-0.25, -0.2) is 13.1 Å². The second-order valence-electron chi connectivity index (χ2n) is 6.10. The van der Waals surface area contributed by atoms with Gasteiger partial charge in [-0.3, -0.25) is 5.10 Å². The van der Waals surface area contributed by atoms with Crippen LogP contribution in [0, 0.1) is 13.8 Å². The number of aryl methyl sites for hydroxylation is 2. The number of aromatic amines is 1. The molecule has 0 saturated heterocycles. The van der Waals surface area contributed by atoms with E-state index in [1.165, 1.54) is 0 Å². The normalized spacial score (nSPS) is 16.3. The predicted molar refractivity (Wildman–Crippen MR) is 87.2 cm³/mol. The van der Waals surface area contributed by atoms with Crippen LogP contribution in [0.1, 0.15) is 29.8 Å². The van der Waals surface area contributed by atoms with Crippen molar-refractivity contribution in [1.82, 2.24) is 14.9 Å². The molecule has 23 heavy (non-hydrogen) atoms. The number of hydrogen-bond acceptors (Lipinski definition) is 4. The first-order chi connectivity index (χ1) is 10.9.